The number of imidazole rings is 2. The number of aromatic amines is 1. The molecular formula is C41H50N12O2S4. The van der Waals surface area contributed by atoms with Crippen LogP contribution in [0.3, 0.4) is 0 Å². The summed E-state index contributed by atoms with van der Waals surface area (Å²) in [6, 6.07) is 11.8. The largest absolute Gasteiger partial charge is 0.370 e. The van der Waals surface area contributed by atoms with Gasteiger partial charge >= 0.3 is 12.1 Å². The highest BCUT2D eigenvalue weighted by Crippen LogP contribution is 2.33. The summed E-state index contributed by atoms with van der Waals surface area (Å²) in [6.45, 7) is 8.28. The highest BCUT2D eigenvalue weighted by Gasteiger charge is 2.19. The zero-order valence-electron chi connectivity index (χ0n) is 33.5. The number of carbonyl (C=O) groups is 2. The topological polar surface area (TPSA) is 161 Å². The molecule has 0 unspecified atom stereocenters. The number of carbonyl (C=O) groups excluding carboxylic acids is 2. The molecule has 5 N–H and O–H groups in total. The van der Waals surface area contributed by atoms with E-state index in [9.17, 15) is 9.59 Å². The molecule has 18 heteroatoms. The molecular weight excluding hydrogens is 821 g/mol. The number of H-pyrrole nitrogens is 1. The first kappa shape index (κ1) is 42.1. The van der Waals surface area contributed by atoms with Gasteiger partial charge in [-0.15, -0.1) is 22.7 Å². The summed E-state index contributed by atoms with van der Waals surface area (Å²) in [4.78, 5) is 52.3. The van der Waals surface area contributed by atoms with Crippen molar-refractivity contribution < 1.29 is 9.59 Å². The standard InChI is InChI=1S/C21H26N6OS2.C20H24N6OS2/c1-15-6-7-17(18(12-15)27-9-4-3-5-10-27)24-19(28)25-20-23-13-16(30-20)14-29-21-22-8-11-26(21)2;1-14-5-6-16(17(11-14)26-9-3-2-4-10-26)24-18(27)25-20-23-12-15(29-20)13-28-19-21-7-8-22-19/h6-8,11-13H,3-5,9-10,14H2,1-2H3,(H2,23,24,25,28);5-8,11-12H,2-4,9-10,13H2,1H3,(H,21,22)(H2,23,24,25,27). The smallest absolute Gasteiger partial charge is 0.325 e. The molecule has 0 saturated carbocycles. The van der Waals surface area contributed by atoms with Gasteiger partial charge in [-0.2, -0.15) is 0 Å². The maximum atomic E-state index is 12.6. The van der Waals surface area contributed by atoms with Gasteiger partial charge in [0.25, 0.3) is 0 Å². The third-order valence-corrected chi connectivity index (χ3v) is 13.9. The quantitative estimate of drug-likeness (QED) is 0.0749. The second kappa shape index (κ2) is 20.8. The van der Waals surface area contributed by atoms with Crippen LogP contribution >= 0.6 is 46.2 Å². The lowest BCUT2D eigenvalue weighted by Gasteiger charge is -2.30. The van der Waals surface area contributed by atoms with Gasteiger partial charge < -0.3 is 30.0 Å². The molecule has 14 nitrogen and oxygen atoms in total. The Kier molecular flexibility index (Phi) is 14.8. The maximum absolute atomic E-state index is 12.6. The summed E-state index contributed by atoms with van der Waals surface area (Å²) in [7, 11) is 1.97. The van der Waals surface area contributed by atoms with Gasteiger partial charge in [0.2, 0.25) is 0 Å². The van der Waals surface area contributed by atoms with Crippen molar-refractivity contribution in [3.8, 4) is 0 Å². The molecule has 4 amide bonds. The highest BCUT2D eigenvalue weighted by molar-refractivity contribution is 7.98. The van der Waals surface area contributed by atoms with Gasteiger partial charge in [0.05, 0.1) is 22.7 Å². The Bertz CT molecular complexity index is 2280. The first-order valence-corrected chi connectivity index (χ1v) is 23.3. The number of thiazole rings is 2. The first-order chi connectivity index (χ1) is 28.8. The molecule has 59 heavy (non-hydrogen) atoms. The predicted molar refractivity (Wildman–Crippen MR) is 245 cm³/mol. The molecule has 6 heterocycles. The lowest BCUT2D eigenvalue weighted by Crippen LogP contribution is -2.31. The molecule has 310 valence electrons. The summed E-state index contributed by atoms with van der Waals surface area (Å²) < 4.78 is 1.99. The van der Waals surface area contributed by atoms with Crippen molar-refractivity contribution in [1.29, 1.82) is 0 Å². The number of aryl methyl sites for hydroxylation is 3. The Labute approximate surface area is 361 Å². The van der Waals surface area contributed by atoms with Crippen LogP contribution in [0.25, 0.3) is 0 Å². The van der Waals surface area contributed by atoms with Crippen LogP contribution in [0, 0.1) is 13.8 Å². The summed E-state index contributed by atoms with van der Waals surface area (Å²) in [5.74, 6) is 1.52. The van der Waals surface area contributed by atoms with Crippen molar-refractivity contribution in [3.05, 3.63) is 94.5 Å². The van der Waals surface area contributed by atoms with Gasteiger partial charge in [-0.3, -0.25) is 10.6 Å². The summed E-state index contributed by atoms with van der Waals surface area (Å²) in [5, 5.41) is 14.7. The van der Waals surface area contributed by atoms with Crippen LogP contribution in [-0.2, 0) is 18.6 Å². The van der Waals surface area contributed by atoms with E-state index in [-0.39, 0.29) is 12.1 Å². The number of amides is 4. The number of benzene rings is 2. The Morgan fingerprint density at radius 1 is 0.678 bits per heavy atom. The molecule has 2 aliphatic rings. The number of hydrogen-bond donors (Lipinski definition) is 5. The predicted octanol–water partition coefficient (Wildman–Crippen LogP) is 10.2. The highest BCUT2D eigenvalue weighted by atomic mass is 32.2. The number of anilines is 6. The Morgan fingerprint density at radius 2 is 1.20 bits per heavy atom. The number of rotatable bonds is 12. The van der Waals surface area contributed by atoms with Crippen molar-refractivity contribution in [2.24, 2.45) is 7.05 Å². The van der Waals surface area contributed by atoms with E-state index in [1.54, 1.807) is 54.5 Å². The fraction of sp³-hybridized carbons (Fsp3) is 0.366. The van der Waals surface area contributed by atoms with E-state index in [4.69, 9.17) is 0 Å². The average molecular weight is 871 g/mol. The lowest BCUT2D eigenvalue weighted by molar-refractivity contribution is 0.261. The Morgan fingerprint density at radius 3 is 1.68 bits per heavy atom. The minimum atomic E-state index is -0.272. The fourth-order valence-electron chi connectivity index (χ4n) is 6.75. The van der Waals surface area contributed by atoms with Gasteiger partial charge in [0.1, 0.15) is 0 Å². The fourth-order valence-corrected chi connectivity index (χ4v) is 10.2. The number of nitrogens with zero attached hydrogens (tertiary/aromatic N) is 7. The van der Waals surface area contributed by atoms with Crippen LogP contribution < -0.4 is 31.1 Å². The van der Waals surface area contributed by atoms with Crippen molar-refractivity contribution in [2.45, 2.75) is 74.2 Å². The molecule has 2 fully saturated rings. The normalized spacial score (nSPS) is 14.0. The minimum Gasteiger partial charge on any atom is -0.370 e. The summed E-state index contributed by atoms with van der Waals surface area (Å²) >= 11 is 6.21. The summed E-state index contributed by atoms with van der Waals surface area (Å²) in [5.41, 5.74) is 6.24. The molecule has 8 rings (SSSR count). The number of hydrogen-bond acceptors (Lipinski definition) is 12. The molecule has 0 spiro atoms. The summed E-state index contributed by atoms with van der Waals surface area (Å²) in [6.07, 6.45) is 18.2. The molecule has 0 aliphatic carbocycles. The molecule has 2 aromatic carbocycles. The average Bonchev–Trinajstić information content (AvgIpc) is 4.09. The van der Waals surface area contributed by atoms with Crippen LogP contribution in [0.1, 0.15) is 59.4 Å². The van der Waals surface area contributed by atoms with Crippen LogP contribution in [0.2, 0.25) is 0 Å². The van der Waals surface area contributed by atoms with Crippen molar-refractivity contribution >= 4 is 91.3 Å². The van der Waals surface area contributed by atoms with Gasteiger partial charge in [-0.1, -0.05) is 35.7 Å². The van der Waals surface area contributed by atoms with E-state index >= 15 is 0 Å². The van der Waals surface area contributed by atoms with Crippen LogP contribution in [0.15, 0.2) is 83.9 Å². The van der Waals surface area contributed by atoms with Gasteiger partial charge in [0.15, 0.2) is 20.6 Å². The zero-order chi connectivity index (χ0) is 41.0. The van der Waals surface area contributed by atoms with Crippen molar-refractivity contribution in [2.75, 3.05) is 57.2 Å². The van der Waals surface area contributed by atoms with Crippen LogP contribution in [0.5, 0.6) is 0 Å². The number of aromatic nitrogens is 6. The van der Waals surface area contributed by atoms with Crippen molar-refractivity contribution in [1.82, 2.24) is 29.5 Å². The maximum Gasteiger partial charge on any atom is 0.325 e. The molecule has 4 aromatic heterocycles. The second-order valence-corrected chi connectivity index (χ2v) is 18.5. The lowest BCUT2D eigenvalue weighted by atomic mass is 10.1. The molecule has 0 bridgehead atoms. The number of nitrogens with one attached hydrogen (secondary N) is 5. The third kappa shape index (κ3) is 12.2. The third-order valence-electron chi connectivity index (χ3n) is 9.69. The molecule has 2 saturated heterocycles. The van der Waals surface area contributed by atoms with Crippen molar-refractivity contribution in [3.63, 3.8) is 0 Å². The van der Waals surface area contributed by atoms with Gasteiger partial charge in [-0.25, -0.2) is 29.5 Å². The molecule has 0 atom stereocenters. The van der Waals surface area contributed by atoms with E-state index in [0.29, 0.717) is 10.3 Å². The Hall–Kier alpha value is -5.04. The van der Waals surface area contributed by atoms with E-state index in [2.05, 4.69) is 82.0 Å². The monoisotopic (exact) mass is 870 g/mol. The van der Waals surface area contributed by atoms with E-state index in [1.165, 1.54) is 72.3 Å². The number of thioether (sulfide) groups is 2. The second-order valence-electron chi connectivity index (χ2n) is 14.4. The van der Waals surface area contributed by atoms with Gasteiger partial charge in [-0.05, 0) is 87.8 Å². The van der Waals surface area contributed by atoms with E-state index in [0.717, 1.165) is 80.5 Å². The first-order valence-electron chi connectivity index (χ1n) is 19.7. The van der Waals surface area contributed by atoms with Crippen LogP contribution in [-0.4, -0.2) is 67.7 Å². The van der Waals surface area contributed by atoms with E-state index < -0.39 is 0 Å². The zero-order valence-corrected chi connectivity index (χ0v) is 36.8. The van der Waals surface area contributed by atoms with Crippen LogP contribution in [0.4, 0.5) is 42.6 Å². The number of piperidine rings is 2. The molecule has 0 radical (unpaired) electrons. The van der Waals surface area contributed by atoms with E-state index in [1.807, 2.05) is 42.1 Å². The molecule has 6 aromatic rings. The number of urea groups is 2. The minimum absolute atomic E-state index is 0.269. The molecule has 2 aliphatic heterocycles. The van der Waals surface area contributed by atoms with Gasteiger partial charge in [0, 0.05) is 91.7 Å². The SMILES string of the molecule is Cc1ccc(NC(=O)Nc2ncc(CSc3ncc[nH]3)s2)c(N2CCCCC2)c1.Cc1ccc(NC(=O)Nc2ncc(CSc3nccn3C)s2)c(N2CCCCC2)c1. The Balaban J connectivity index is 0.000000179.